The normalized spacial score (nSPS) is 11.5. The molecule has 0 saturated heterocycles. The molecule has 0 bridgehead atoms. The molecule has 1 rings (SSSR count). The second kappa shape index (κ2) is 11.9. The summed E-state index contributed by atoms with van der Waals surface area (Å²) >= 11 is 0. The number of hydrogen-bond acceptors (Lipinski definition) is 5. The smallest absolute Gasteiger partial charge is 0.334 e. The third kappa shape index (κ3) is 10.4. The number of carbonyl (C=O) groups excluding carboxylic acids is 1. The molecule has 0 fully saturated rings. The molecule has 0 radical (unpaired) electrons. The molecule has 0 atom stereocenters. The maximum absolute atomic E-state index is 11.9. The van der Waals surface area contributed by atoms with E-state index < -0.39 is 11.6 Å². The van der Waals surface area contributed by atoms with Gasteiger partial charge in [-0.25, -0.2) is 4.79 Å². The standard InChI is InChI=1S/C21H36N2O3/c1-6-7-8-9-10-11-12-13-14-15-18-22-19(26-23-18)16-17(2)20(24)25-21(3,4)5/h2,6-16H2,1,3-5H3. The number of ether oxygens (including phenoxy) is 1. The third-order valence-electron chi connectivity index (χ3n) is 4.07. The van der Waals surface area contributed by atoms with E-state index in [4.69, 9.17) is 9.26 Å². The lowest BCUT2D eigenvalue weighted by molar-refractivity contribution is -0.150. The van der Waals surface area contributed by atoms with Crippen LogP contribution in [-0.4, -0.2) is 21.7 Å². The molecule has 0 amide bonds. The molecule has 0 N–H and O–H groups in total. The van der Waals surface area contributed by atoms with Crippen LogP contribution in [-0.2, 0) is 22.4 Å². The highest BCUT2D eigenvalue weighted by molar-refractivity contribution is 5.88. The summed E-state index contributed by atoms with van der Waals surface area (Å²) in [5, 5.41) is 3.99. The Bertz CT molecular complexity index is 544. The van der Waals surface area contributed by atoms with Crippen molar-refractivity contribution in [3.8, 4) is 0 Å². The van der Waals surface area contributed by atoms with Gasteiger partial charge in [-0.05, 0) is 27.2 Å². The van der Waals surface area contributed by atoms with E-state index in [9.17, 15) is 4.79 Å². The largest absolute Gasteiger partial charge is 0.457 e. The predicted octanol–water partition coefficient (Wildman–Crippen LogP) is 5.58. The maximum atomic E-state index is 11.9. The Morgan fingerprint density at radius 1 is 1.04 bits per heavy atom. The molecule has 0 aliphatic rings. The summed E-state index contributed by atoms with van der Waals surface area (Å²) < 4.78 is 10.5. The molecule has 0 unspecified atom stereocenters. The van der Waals surface area contributed by atoms with Crippen LogP contribution in [0.1, 0.15) is 97.2 Å². The molecule has 1 aromatic rings. The van der Waals surface area contributed by atoms with Crippen LogP contribution in [0.2, 0.25) is 0 Å². The van der Waals surface area contributed by atoms with Gasteiger partial charge in [0.05, 0.1) is 6.42 Å². The minimum atomic E-state index is -0.532. The van der Waals surface area contributed by atoms with Crippen LogP contribution < -0.4 is 0 Å². The third-order valence-corrected chi connectivity index (χ3v) is 4.07. The number of rotatable bonds is 13. The second-order valence-electron chi connectivity index (χ2n) is 7.96. The molecule has 0 aliphatic heterocycles. The first-order chi connectivity index (χ1) is 12.3. The van der Waals surface area contributed by atoms with Gasteiger partial charge in [-0.2, -0.15) is 4.98 Å². The number of aryl methyl sites for hydroxylation is 1. The van der Waals surface area contributed by atoms with E-state index in [1.54, 1.807) is 0 Å². The quantitative estimate of drug-likeness (QED) is 0.259. The van der Waals surface area contributed by atoms with E-state index in [2.05, 4.69) is 23.6 Å². The van der Waals surface area contributed by atoms with Gasteiger partial charge in [-0.15, -0.1) is 0 Å². The number of nitrogens with zero attached hydrogens (tertiary/aromatic N) is 2. The number of aromatic nitrogens is 2. The van der Waals surface area contributed by atoms with Crippen LogP contribution in [0.3, 0.4) is 0 Å². The molecule has 1 heterocycles. The van der Waals surface area contributed by atoms with E-state index in [-0.39, 0.29) is 6.42 Å². The Kier molecular flexibility index (Phi) is 10.2. The molecule has 0 spiro atoms. The van der Waals surface area contributed by atoms with E-state index in [0.717, 1.165) is 12.8 Å². The van der Waals surface area contributed by atoms with Gasteiger partial charge in [0.2, 0.25) is 5.89 Å². The van der Waals surface area contributed by atoms with Crippen molar-refractivity contribution in [1.29, 1.82) is 0 Å². The highest BCUT2D eigenvalue weighted by Crippen LogP contribution is 2.14. The van der Waals surface area contributed by atoms with Gasteiger partial charge in [-0.1, -0.05) is 70.0 Å². The summed E-state index contributed by atoms with van der Waals surface area (Å²) in [6, 6.07) is 0. The molecule has 1 aromatic heterocycles. The topological polar surface area (TPSA) is 65.2 Å². The molecule has 0 saturated carbocycles. The summed E-state index contributed by atoms with van der Waals surface area (Å²) in [6.07, 6.45) is 12.7. The molecular weight excluding hydrogens is 328 g/mol. The lowest BCUT2D eigenvalue weighted by Crippen LogP contribution is -2.25. The van der Waals surface area contributed by atoms with Crippen molar-refractivity contribution < 1.29 is 14.1 Å². The maximum Gasteiger partial charge on any atom is 0.334 e. The van der Waals surface area contributed by atoms with Gasteiger partial charge in [-0.3, -0.25) is 0 Å². The zero-order valence-corrected chi connectivity index (χ0v) is 17.1. The molecule has 5 heteroatoms. The molecule has 0 aliphatic carbocycles. The number of unbranched alkanes of at least 4 members (excludes halogenated alkanes) is 8. The molecule has 5 nitrogen and oxygen atoms in total. The summed E-state index contributed by atoms with van der Waals surface area (Å²) in [6.45, 7) is 11.5. The molecular formula is C21H36N2O3. The first kappa shape index (κ1) is 22.4. The minimum absolute atomic E-state index is 0.236. The molecule has 148 valence electrons. The van der Waals surface area contributed by atoms with Crippen molar-refractivity contribution in [1.82, 2.24) is 10.1 Å². The number of hydrogen-bond donors (Lipinski definition) is 0. The van der Waals surface area contributed by atoms with Gasteiger partial charge < -0.3 is 9.26 Å². The van der Waals surface area contributed by atoms with Crippen molar-refractivity contribution in [2.45, 2.75) is 104 Å². The van der Waals surface area contributed by atoms with Crippen molar-refractivity contribution in [2.75, 3.05) is 0 Å². The van der Waals surface area contributed by atoms with Crippen molar-refractivity contribution in [3.63, 3.8) is 0 Å². The van der Waals surface area contributed by atoms with Crippen molar-refractivity contribution in [3.05, 3.63) is 23.9 Å². The SMILES string of the molecule is C=C(Cc1nc(CCCCCCCCCCC)no1)C(=O)OC(C)(C)C. The summed E-state index contributed by atoms with van der Waals surface area (Å²) in [4.78, 5) is 16.3. The van der Waals surface area contributed by atoms with Crippen molar-refractivity contribution in [2.24, 2.45) is 0 Å². The Morgan fingerprint density at radius 2 is 1.62 bits per heavy atom. The van der Waals surface area contributed by atoms with E-state index in [1.165, 1.54) is 51.4 Å². The number of esters is 1. The van der Waals surface area contributed by atoms with Crippen LogP contribution in [0.4, 0.5) is 0 Å². The average molecular weight is 365 g/mol. The fourth-order valence-corrected chi connectivity index (χ4v) is 2.66. The Labute approximate surface area is 158 Å². The molecule has 0 aromatic carbocycles. The lowest BCUT2D eigenvalue weighted by Gasteiger charge is -2.19. The first-order valence-corrected chi connectivity index (χ1v) is 10.0. The fraction of sp³-hybridized carbons (Fsp3) is 0.762. The Balaban J connectivity index is 2.19. The summed E-state index contributed by atoms with van der Waals surface area (Å²) in [7, 11) is 0. The van der Waals surface area contributed by atoms with Crippen LogP contribution in [0, 0.1) is 0 Å². The first-order valence-electron chi connectivity index (χ1n) is 10.0. The summed E-state index contributed by atoms with van der Waals surface area (Å²) in [5.74, 6) is 0.711. The summed E-state index contributed by atoms with van der Waals surface area (Å²) in [5.41, 5.74) is -0.200. The van der Waals surface area contributed by atoms with Gasteiger partial charge in [0.25, 0.3) is 0 Å². The average Bonchev–Trinajstić information content (AvgIpc) is 2.99. The number of carbonyl (C=O) groups is 1. The van der Waals surface area contributed by atoms with Gasteiger partial charge in [0, 0.05) is 12.0 Å². The highest BCUT2D eigenvalue weighted by atomic mass is 16.6. The van der Waals surface area contributed by atoms with Crippen molar-refractivity contribution >= 4 is 5.97 Å². The Hall–Kier alpha value is -1.65. The Morgan fingerprint density at radius 3 is 2.19 bits per heavy atom. The van der Waals surface area contributed by atoms with Gasteiger partial charge in [0.1, 0.15) is 5.60 Å². The zero-order chi connectivity index (χ0) is 19.4. The predicted molar refractivity (Wildman–Crippen MR) is 104 cm³/mol. The minimum Gasteiger partial charge on any atom is -0.457 e. The van der Waals surface area contributed by atoms with Crippen LogP contribution in [0.25, 0.3) is 0 Å². The van der Waals surface area contributed by atoms with Gasteiger partial charge >= 0.3 is 5.97 Å². The van der Waals surface area contributed by atoms with Gasteiger partial charge in [0.15, 0.2) is 5.82 Å². The van der Waals surface area contributed by atoms with E-state index in [1.807, 2.05) is 20.8 Å². The monoisotopic (exact) mass is 364 g/mol. The van der Waals surface area contributed by atoms with Crippen LogP contribution in [0.15, 0.2) is 16.7 Å². The second-order valence-corrected chi connectivity index (χ2v) is 7.96. The fourth-order valence-electron chi connectivity index (χ4n) is 2.66. The zero-order valence-electron chi connectivity index (χ0n) is 17.1. The highest BCUT2D eigenvalue weighted by Gasteiger charge is 2.20. The van der Waals surface area contributed by atoms with Crippen LogP contribution in [0.5, 0.6) is 0 Å². The van der Waals surface area contributed by atoms with Crippen LogP contribution >= 0.6 is 0 Å². The van der Waals surface area contributed by atoms with E-state index in [0.29, 0.717) is 17.3 Å². The van der Waals surface area contributed by atoms with E-state index >= 15 is 0 Å². The lowest BCUT2D eigenvalue weighted by atomic mass is 10.1. The molecule has 26 heavy (non-hydrogen) atoms.